The SMILES string of the molecule is CC.CC.CCC.CCC.O=C(O)C(=O)Cc1ccc(O)cc1.Oc1ccc(OCCCCCCCCCCOc2ccc(O)cc2)cc1.Oc1ccc(OCCCCCCCCCCOc2ccc(O)cc2)cc1. The van der Waals surface area contributed by atoms with Gasteiger partial charge in [-0.1, -0.05) is 157 Å². The lowest BCUT2D eigenvalue weighted by atomic mass is 10.1. The highest BCUT2D eigenvalue weighted by molar-refractivity contribution is 6.33. The first-order valence-corrected chi connectivity index (χ1v) is 27.6. The summed E-state index contributed by atoms with van der Waals surface area (Å²) >= 11 is 0. The number of ether oxygens (including phenoxy) is 4. The Labute approximate surface area is 451 Å². The van der Waals surface area contributed by atoms with E-state index in [-0.39, 0.29) is 35.2 Å². The highest BCUT2D eigenvalue weighted by Crippen LogP contribution is 2.20. The zero-order valence-electron chi connectivity index (χ0n) is 46.9. The summed E-state index contributed by atoms with van der Waals surface area (Å²) in [6, 6.07) is 33.3. The average molecular weight is 1050 g/mol. The van der Waals surface area contributed by atoms with Crippen molar-refractivity contribution >= 4 is 11.8 Å². The van der Waals surface area contributed by atoms with Crippen LogP contribution in [0.2, 0.25) is 0 Å². The summed E-state index contributed by atoms with van der Waals surface area (Å²) < 4.78 is 22.5. The molecule has 0 atom stereocenters. The van der Waals surface area contributed by atoms with E-state index in [0.717, 1.165) is 75.1 Å². The predicted octanol–water partition coefficient (Wildman–Crippen LogP) is 16.8. The fraction of sp³-hybridized carbons (Fsp3) is 0.492. The maximum Gasteiger partial charge on any atom is 0.372 e. The molecule has 0 heterocycles. The van der Waals surface area contributed by atoms with E-state index in [4.69, 9.17) is 29.2 Å². The Morgan fingerprint density at radius 2 is 0.493 bits per heavy atom. The third kappa shape index (κ3) is 43.5. The van der Waals surface area contributed by atoms with Crippen LogP contribution in [-0.4, -0.2) is 68.8 Å². The summed E-state index contributed by atoms with van der Waals surface area (Å²) in [5.41, 5.74) is 0.574. The van der Waals surface area contributed by atoms with Crippen molar-refractivity contribution < 1.29 is 59.2 Å². The molecule has 0 aromatic heterocycles. The van der Waals surface area contributed by atoms with Crippen LogP contribution in [0.3, 0.4) is 0 Å². The molecule has 75 heavy (non-hydrogen) atoms. The third-order valence-electron chi connectivity index (χ3n) is 10.0. The number of aromatic hydroxyl groups is 5. The van der Waals surface area contributed by atoms with Gasteiger partial charge in [0.25, 0.3) is 0 Å². The van der Waals surface area contributed by atoms with Crippen molar-refractivity contribution in [1.82, 2.24) is 0 Å². The van der Waals surface area contributed by atoms with Crippen molar-refractivity contribution in [3.05, 3.63) is 127 Å². The largest absolute Gasteiger partial charge is 0.508 e. The van der Waals surface area contributed by atoms with Gasteiger partial charge in [-0.25, -0.2) is 4.79 Å². The molecule has 6 N–H and O–H groups in total. The summed E-state index contributed by atoms with van der Waals surface area (Å²) in [4.78, 5) is 20.9. The summed E-state index contributed by atoms with van der Waals surface area (Å²) in [6.45, 7) is 19.4. The van der Waals surface area contributed by atoms with E-state index in [2.05, 4.69) is 27.7 Å². The topological polar surface area (TPSA) is 192 Å². The van der Waals surface area contributed by atoms with E-state index in [1.807, 2.05) is 27.7 Å². The van der Waals surface area contributed by atoms with Crippen LogP contribution in [-0.2, 0) is 16.0 Å². The fourth-order valence-electron chi connectivity index (χ4n) is 6.33. The zero-order valence-corrected chi connectivity index (χ0v) is 46.9. The number of unbranched alkanes of at least 4 members (excludes halogenated alkanes) is 14. The number of rotatable bonds is 29. The minimum absolute atomic E-state index is 0.0894. The molecule has 0 saturated carbocycles. The second kappa shape index (κ2) is 50.9. The molecule has 0 amide bonds. The van der Waals surface area contributed by atoms with Crippen LogP contribution in [0.4, 0.5) is 0 Å². The van der Waals surface area contributed by atoms with Gasteiger partial charge in [-0.2, -0.15) is 0 Å². The van der Waals surface area contributed by atoms with E-state index >= 15 is 0 Å². The number of ketones is 1. The van der Waals surface area contributed by atoms with E-state index in [0.29, 0.717) is 5.56 Å². The lowest BCUT2D eigenvalue weighted by Crippen LogP contribution is -2.14. The van der Waals surface area contributed by atoms with Crippen LogP contribution in [0.25, 0.3) is 0 Å². The number of hydrogen-bond donors (Lipinski definition) is 6. The number of carboxylic acids is 1. The first-order chi connectivity index (χ1) is 36.4. The van der Waals surface area contributed by atoms with E-state index < -0.39 is 11.8 Å². The van der Waals surface area contributed by atoms with Crippen LogP contribution < -0.4 is 18.9 Å². The molecule has 0 fully saturated rings. The Hall–Kier alpha value is -6.56. The standard InChI is InChI=1S/2C22H30O4.C9H8O4.2C3H8.2C2H6/c2*23-19-9-13-21(14-10-19)25-17-7-5-3-1-2-4-6-8-18-26-22-15-11-20(24)12-16-22;10-7-3-1-6(2-4-7)5-8(11)9(12)13;2*1-3-2;2*1-2/h2*9-16,23-24H,1-8,17-18H2;1-4,10H,5H2,(H,12,13);2*3H2,1-2H3;2*1-2H3. The molecule has 0 aliphatic heterocycles. The Bertz CT molecular complexity index is 1780. The number of hydrogen-bond acceptors (Lipinski definition) is 11. The molecular formula is C63H96O12. The van der Waals surface area contributed by atoms with Crippen molar-refractivity contribution in [3.8, 4) is 51.7 Å². The lowest BCUT2D eigenvalue weighted by molar-refractivity contribution is -0.148. The van der Waals surface area contributed by atoms with E-state index in [1.165, 1.54) is 114 Å². The van der Waals surface area contributed by atoms with Gasteiger partial charge in [-0.05, 0) is 140 Å². The molecule has 420 valence electrons. The molecular weight excluding hydrogens is 949 g/mol. The summed E-state index contributed by atoms with van der Waals surface area (Å²) in [5.74, 6) is 2.14. The first kappa shape index (κ1) is 70.5. The van der Waals surface area contributed by atoms with Crippen LogP contribution in [0, 0.1) is 0 Å². The monoisotopic (exact) mass is 1040 g/mol. The summed E-state index contributed by atoms with van der Waals surface area (Å²) in [6.07, 6.45) is 21.5. The minimum atomic E-state index is -1.44. The van der Waals surface area contributed by atoms with Gasteiger partial charge < -0.3 is 49.6 Å². The van der Waals surface area contributed by atoms with Gasteiger partial charge >= 0.3 is 5.97 Å². The molecule has 0 radical (unpaired) electrons. The quantitative estimate of drug-likeness (QED) is 0.0196. The fourth-order valence-corrected chi connectivity index (χ4v) is 6.33. The summed E-state index contributed by atoms with van der Waals surface area (Å²) in [7, 11) is 0. The second-order valence-electron chi connectivity index (χ2n) is 17.0. The van der Waals surface area contributed by atoms with Gasteiger partial charge in [0.2, 0.25) is 5.78 Å². The molecule has 5 rings (SSSR count). The normalized spacial score (nSPS) is 9.65. The van der Waals surface area contributed by atoms with Gasteiger partial charge in [0, 0.05) is 6.42 Å². The molecule has 12 heteroatoms. The Morgan fingerprint density at radius 3 is 0.680 bits per heavy atom. The van der Waals surface area contributed by atoms with Crippen molar-refractivity contribution in [2.24, 2.45) is 0 Å². The summed E-state index contributed by atoms with van der Waals surface area (Å²) in [5, 5.41) is 54.0. The molecule has 0 aliphatic carbocycles. The number of Topliss-reactive ketones (excluding diaryl/α,β-unsaturated/α-hetero) is 1. The smallest absolute Gasteiger partial charge is 0.372 e. The Morgan fingerprint density at radius 1 is 0.320 bits per heavy atom. The van der Waals surface area contributed by atoms with Crippen LogP contribution in [0.5, 0.6) is 51.7 Å². The van der Waals surface area contributed by atoms with Gasteiger partial charge in [0.05, 0.1) is 26.4 Å². The molecule has 0 saturated heterocycles. The maximum atomic E-state index is 10.7. The molecule has 0 bridgehead atoms. The van der Waals surface area contributed by atoms with Crippen LogP contribution in [0.1, 0.15) is 177 Å². The van der Waals surface area contributed by atoms with Gasteiger partial charge in [-0.15, -0.1) is 0 Å². The van der Waals surface area contributed by atoms with E-state index in [1.54, 1.807) is 97.1 Å². The molecule has 5 aromatic rings. The Balaban J connectivity index is 0. The van der Waals surface area contributed by atoms with Crippen molar-refractivity contribution in [2.45, 2.75) is 177 Å². The number of phenols is 5. The van der Waals surface area contributed by atoms with Crippen LogP contribution in [0.15, 0.2) is 121 Å². The lowest BCUT2D eigenvalue weighted by Gasteiger charge is -2.07. The molecule has 0 spiro atoms. The van der Waals surface area contributed by atoms with Crippen LogP contribution >= 0.6 is 0 Å². The number of carbonyl (C=O) groups excluding carboxylic acids is 1. The third-order valence-corrected chi connectivity index (χ3v) is 10.0. The Kier molecular flexibility index (Phi) is 47.9. The predicted molar refractivity (Wildman–Crippen MR) is 307 cm³/mol. The van der Waals surface area contributed by atoms with Gasteiger partial charge in [0.15, 0.2) is 0 Å². The number of benzene rings is 5. The van der Waals surface area contributed by atoms with Crippen molar-refractivity contribution in [2.75, 3.05) is 26.4 Å². The average Bonchev–Trinajstić information content (AvgIpc) is 3.41. The highest BCUT2D eigenvalue weighted by Gasteiger charge is 2.11. The minimum Gasteiger partial charge on any atom is -0.508 e. The second-order valence-corrected chi connectivity index (χ2v) is 17.0. The number of aliphatic carboxylic acids is 1. The highest BCUT2D eigenvalue weighted by atomic mass is 16.5. The number of carboxylic acid groups (broad SMARTS) is 1. The molecule has 12 nitrogen and oxygen atoms in total. The van der Waals surface area contributed by atoms with Crippen molar-refractivity contribution in [1.29, 1.82) is 0 Å². The van der Waals surface area contributed by atoms with E-state index in [9.17, 15) is 30.0 Å². The van der Waals surface area contributed by atoms with Gasteiger partial charge in [-0.3, -0.25) is 4.79 Å². The zero-order chi connectivity index (χ0) is 56.2. The van der Waals surface area contributed by atoms with Crippen molar-refractivity contribution in [3.63, 3.8) is 0 Å². The molecule has 0 unspecified atom stereocenters. The first-order valence-electron chi connectivity index (χ1n) is 27.6. The molecule has 0 aliphatic rings. The molecule has 5 aromatic carbocycles. The number of phenolic OH excluding ortho intramolecular Hbond substituents is 5. The maximum absolute atomic E-state index is 10.7. The number of carbonyl (C=O) groups is 2. The van der Waals surface area contributed by atoms with Gasteiger partial charge in [0.1, 0.15) is 51.7 Å².